The number of carbonyl (C=O) groups is 1. The zero-order chi connectivity index (χ0) is 19.9. The minimum Gasteiger partial charge on any atom is -0.369 e. The number of halogens is 2. The van der Waals surface area contributed by atoms with Crippen LogP contribution in [-0.2, 0) is 4.79 Å². The number of benzene rings is 2. The highest BCUT2D eigenvalue weighted by Crippen LogP contribution is 2.26. The average Bonchev–Trinajstić information content (AvgIpc) is 2.96. The number of hydrogen-bond donors (Lipinski definition) is 1. The molecular weight excluding hydrogens is 358 g/mol. The van der Waals surface area contributed by atoms with E-state index in [-0.39, 0.29) is 23.6 Å². The SMILES string of the molecule is CC(NC(=O)/C=C/c1cccc(F)c1)c1ccc(F)c(N2CCCCCC2)c1. The predicted octanol–water partition coefficient (Wildman–Crippen LogP) is 5.24. The minimum atomic E-state index is -0.344. The van der Waals surface area contributed by atoms with Crippen LogP contribution in [0.25, 0.3) is 6.08 Å². The second-order valence-electron chi connectivity index (χ2n) is 7.23. The molecule has 3 nitrogen and oxygen atoms in total. The summed E-state index contributed by atoms with van der Waals surface area (Å²) in [6.07, 6.45) is 7.45. The first-order valence-electron chi connectivity index (χ1n) is 9.81. The summed E-state index contributed by atoms with van der Waals surface area (Å²) in [5.74, 6) is -0.851. The van der Waals surface area contributed by atoms with E-state index in [2.05, 4.69) is 10.2 Å². The van der Waals surface area contributed by atoms with E-state index in [1.54, 1.807) is 24.3 Å². The summed E-state index contributed by atoms with van der Waals surface area (Å²) in [5.41, 5.74) is 2.08. The van der Waals surface area contributed by atoms with Crippen molar-refractivity contribution in [2.24, 2.45) is 0 Å². The Hall–Kier alpha value is -2.69. The molecule has 148 valence electrons. The van der Waals surface area contributed by atoms with Gasteiger partial charge >= 0.3 is 0 Å². The number of hydrogen-bond acceptors (Lipinski definition) is 2. The highest BCUT2D eigenvalue weighted by Gasteiger charge is 2.16. The molecule has 5 heteroatoms. The van der Waals surface area contributed by atoms with Gasteiger partial charge in [-0.15, -0.1) is 0 Å². The Labute approximate surface area is 165 Å². The van der Waals surface area contributed by atoms with Crippen molar-refractivity contribution in [2.45, 2.75) is 38.6 Å². The van der Waals surface area contributed by atoms with Gasteiger partial charge in [0, 0.05) is 19.2 Å². The fourth-order valence-corrected chi connectivity index (χ4v) is 3.48. The monoisotopic (exact) mass is 384 g/mol. The molecule has 28 heavy (non-hydrogen) atoms. The van der Waals surface area contributed by atoms with E-state index in [9.17, 15) is 13.6 Å². The highest BCUT2D eigenvalue weighted by atomic mass is 19.1. The van der Waals surface area contributed by atoms with Gasteiger partial charge in [0.2, 0.25) is 5.91 Å². The van der Waals surface area contributed by atoms with Crippen LogP contribution in [0.4, 0.5) is 14.5 Å². The zero-order valence-electron chi connectivity index (χ0n) is 16.1. The fraction of sp³-hybridized carbons (Fsp3) is 0.348. The van der Waals surface area contributed by atoms with Crippen LogP contribution in [0.2, 0.25) is 0 Å². The molecule has 1 fully saturated rings. The molecule has 0 bridgehead atoms. The van der Waals surface area contributed by atoms with E-state index >= 15 is 0 Å². The third-order valence-electron chi connectivity index (χ3n) is 5.05. The van der Waals surface area contributed by atoms with Crippen molar-refractivity contribution in [1.82, 2.24) is 5.32 Å². The van der Waals surface area contributed by atoms with Crippen molar-refractivity contribution in [3.05, 3.63) is 71.3 Å². The van der Waals surface area contributed by atoms with Crippen LogP contribution < -0.4 is 10.2 Å². The summed E-state index contributed by atoms with van der Waals surface area (Å²) < 4.78 is 27.6. The Morgan fingerprint density at radius 3 is 2.54 bits per heavy atom. The lowest BCUT2D eigenvalue weighted by atomic mass is 10.1. The van der Waals surface area contributed by atoms with Crippen LogP contribution in [0.3, 0.4) is 0 Å². The van der Waals surface area contributed by atoms with E-state index < -0.39 is 0 Å². The third-order valence-corrected chi connectivity index (χ3v) is 5.05. The van der Waals surface area contributed by atoms with Crippen molar-refractivity contribution in [1.29, 1.82) is 0 Å². The Kier molecular flexibility index (Phi) is 6.80. The summed E-state index contributed by atoms with van der Waals surface area (Å²) in [4.78, 5) is 14.3. The van der Waals surface area contributed by atoms with Gasteiger partial charge < -0.3 is 10.2 Å². The number of nitrogens with one attached hydrogen (secondary N) is 1. The lowest BCUT2D eigenvalue weighted by Gasteiger charge is -2.25. The van der Waals surface area contributed by atoms with E-state index in [4.69, 9.17) is 0 Å². The summed E-state index contributed by atoms with van der Waals surface area (Å²) in [7, 11) is 0. The van der Waals surface area contributed by atoms with Crippen molar-refractivity contribution in [3.63, 3.8) is 0 Å². The molecule has 3 rings (SSSR count). The van der Waals surface area contributed by atoms with Crippen LogP contribution in [0.1, 0.15) is 49.8 Å². The lowest BCUT2D eigenvalue weighted by molar-refractivity contribution is -0.117. The minimum absolute atomic E-state index is 0.227. The van der Waals surface area contributed by atoms with Crippen LogP contribution in [-0.4, -0.2) is 19.0 Å². The second-order valence-corrected chi connectivity index (χ2v) is 7.23. The van der Waals surface area contributed by atoms with E-state index in [1.807, 2.05) is 13.0 Å². The van der Waals surface area contributed by atoms with Crippen LogP contribution >= 0.6 is 0 Å². The first-order chi connectivity index (χ1) is 13.5. The van der Waals surface area contributed by atoms with Gasteiger partial charge in [0.1, 0.15) is 11.6 Å². The van der Waals surface area contributed by atoms with Gasteiger partial charge in [0.15, 0.2) is 0 Å². The molecule has 1 atom stereocenters. The van der Waals surface area contributed by atoms with E-state index in [0.717, 1.165) is 31.5 Å². The summed E-state index contributed by atoms with van der Waals surface area (Å²) in [6.45, 7) is 3.59. The molecular formula is C23H26F2N2O. The number of nitrogens with zero attached hydrogens (tertiary/aromatic N) is 1. The molecule has 0 aromatic heterocycles. The van der Waals surface area contributed by atoms with Crippen molar-refractivity contribution < 1.29 is 13.6 Å². The third kappa shape index (κ3) is 5.41. The normalized spacial score (nSPS) is 16.0. The van der Waals surface area contributed by atoms with Crippen molar-refractivity contribution >= 4 is 17.7 Å². The number of carbonyl (C=O) groups excluding carboxylic acids is 1. The van der Waals surface area contributed by atoms with E-state index in [0.29, 0.717) is 11.3 Å². The van der Waals surface area contributed by atoms with Gasteiger partial charge in [0.25, 0.3) is 0 Å². The van der Waals surface area contributed by atoms with Gasteiger partial charge in [-0.2, -0.15) is 0 Å². The standard InChI is InChI=1S/C23H26F2N2O/c1-17(26-23(28)12-9-18-7-6-8-20(24)15-18)19-10-11-21(25)22(16-19)27-13-4-2-3-5-14-27/h6-12,15-17H,2-5,13-14H2,1H3,(H,26,28)/b12-9+. The van der Waals surface area contributed by atoms with Gasteiger partial charge in [0.05, 0.1) is 11.7 Å². The number of rotatable bonds is 5. The molecule has 0 saturated carbocycles. The molecule has 1 saturated heterocycles. The molecule has 2 aromatic carbocycles. The molecule has 0 radical (unpaired) electrons. The first-order valence-corrected chi connectivity index (χ1v) is 9.81. The quantitative estimate of drug-likeness (QED) is 0.716. The lowest BCUT2D eigenvalue weighted by Crippen LogP contribution is -2.27. The molecule has 2 aromatic rings. The summed E-state index contributed by atoms with van der Waals surface area (Å²) in [5, 5.41) is 2.88. The van der Waals surface area contributed by atoms with Crippen LogP contribution in [0.15, 0.2) is 48.5 Å². The zero-order valence-corrected chi connectivity index (χ0v) is 16.1. The number of anilines is 1. The number of amides is 1. The second kappa shape index (κ2) is 9.49. The van der Waals surface area contributed by atoms with Crippen LogP contribution in [0, 0.1) is 11.6 Å². The maximum absolute atomic E-state index is 14.4. The Morgan fingerprint density at radius 1 is 1.07 bits per heavy atom. The topological polar surface area (TPSA) is 32.3 Å². The molecule has 1 aliphatic heterocycles. The van der Waals surface area contributed by atoms with Crippen molar-refractivity contribution in [2.75, 3.05) is 18.0 Å². The maximum atomic E-state index is 14.4. The van der Waals surface area contributed by atoms with Crippen molar-refractivity contribution in [3.8, 4) is 0 Å². The fourth-order valence-electron chi connectivity index (χ4n) is 3.48. The largest absolute Gasteiger partial charge is 0.369 e. The molecule has 1 N–H and O–H groups in total. The maximum Gasteiger partial charge on any atom is 0.244 e. The molecule has 1 heterocycles. The van der Waals surface area contributed by atoms with Gasteiger partial charge in [-0.3, -0.25) is 4.79 Å². The Balaban J connectivity index is 1.67. The summed E-state index contributed by atoms with van der Waals surface area (Å²) in [6, 6.07) is 10.8. The molecule has 0 aliphatic carbocycles. The van der Waals surface area contributed by atoms with Gasteiger partial charge in [-0.1, -0.05) is 31.0 Å². The predicted molar refractivity (Wildman–Crippen MR) is 109 cm³/mol. The molecule has 0 spiro atoms. The Morgan fingerprint density at radius 2 is 1.82 bits per heavy atom. The molecule has 1 amide bonds. The van der Waals surface area contributed by atoms with Gasteiger partial charge in [-0.05, 0) is 61.2 Å². The smallest absolute Gasteiger partial charge is 0.244 e. The molecule has 1 unspecified atom stereocenters. The highest BCUT2D eigenvalue weighted by molar-refractivity contribution is 5.92. The first kappa shape index (κ1) is 20.1. The summed E-state index contributed by atoms with van der Waals surface area (Å²) >= 11 is 0. The van der Waals surface area contributed by atoms with Crippen LogP contribution in [0.5, 0.6) is 0 Å². The Bertz CT molecular complexity index is 842. The average molecular weight is 384 g/mol. The van der Waals surface area contributed by atoms with E-state index in [1.165, 1.54) is 37.1 Å². The molecule has 1 aliphatic rings. The van der Waals surface area contributed by atoms with Gasteiger partial charge in [-0.25, -0.2) is 8.78 Å².